The summed E-state index contributed by atoms with van der Waals surface area (Å²) in [4.78, 5) is 1.87. The summed E-state index contributed by atoms with van der Waals surface area (Å²) in [5.41, 5.74) is 0. The van der Waals surface area contributed by atoms with Gasteiger partial charge >= 0.3 is 0 Å². The second kappa shape index (κ2) is 11.6. The van der Waals surface area contributed by atoms with Crippen LogP contribution in [0, 0.1) is 0 Å². The molecule has 0 aliphatic rings. The fourth-order valence-electron chi connectivity index (χ4n) is 1.73. The van der Waals surface area contributed by atoms with Crippen molar-refractivity contribution in [2.24, 2.45) is 0 Å². The first-order chi connectivity index (χ1) is 8.63. The molecule has 2 unspecified atom stereocenters. The van der Waals surface area contributed by atoms with E-state index in [1.807, 2.05) is 17.9 Å². The van der Waals surface area contributed by atoms with Gasteiger partial charge in [0.2, 0.25) is 0 Å². The van der Waals surface area contributed by atoms with Gasteiger partial charge in [-0.3, -0.25) is 4.90 Å². The Bertz CT molecular complexity index is 199. The molecule has 0 heterocycles. The Morgan fingerprint density at radius 2 is 1.56 bits per heavy atom. The van der Waals surface area contributed by atoms with Gasteiger partial charge in [0, 0.05) is 13.1 Å². The lowest BCUT2D eigenvalue weighted by Gasteiger charge is -2.26. The van der Waals surface area contributed by atoms with Gasteiger partial charge in [-0.1, -0.05) is 12.2 Å². The molecule has 4 N–H and O–H groups in total. The first-order valence-electron chi connectivity index (χ1n) is 6.55. The minimum atomic E-state index is -0.800. The minimum Gasteiger partial charge on any atom is -0.394 e. The summed E-state index contributed by atoms with van der Waals surface area (Å²) < 4.78 is 0. The first-order valence-corrected chi connectivity index (χ1v) is 6.55. The van der Waals surface area contributed by atoms with E-state index in [0.717, 1.165) is 25.8 Å². The third-order valence-electron chi connectivity index (χ3n) is 2.69. The van der Waals surface area contributed by atoms with E-state index >= 15 is 0 Å². The number of nitrogens with zero attached hydrogens (tertiary/aromatic N) is 1. The number of aliphatic hydroxyl groups excluding tert-OH is 4. The van der Waals surface area contributed by atoms with Gasteiger partial charge in [0.15, 0.2) is 0 Å². The summed E-state index contributed by atoms with van der Waals surface area (Å²) in [7, 11) is 0. The molecule has 0 radical (unpaired) electrons. The monoisotopic (exact) mass is 261 g/mol. The average molecular weight is 261 g/mol. The summed E-state index contributed by atoms with van der Waals surface area (Å²) in [6.07, 6.45) is 5.55. The summed E-state index contributed by atoms with van der Waals surface area (Å²) in [5, 5.41) is 36.5. The molecule has 0 amide bonds. The molecule has 18 heavy (non-hydrogen) atoms. The molecule has 0 fully saturated rings. The fraction of sp³-hybridized carbons (Fsp3) is 0.846. The van der Waals surface area contributed by atoms with Gasteiger partial charge in [-0.15, -0.1) is 0 Å². The predicted molar refractivity (Wildman–Crippen MR) is 71.3 cm³/mol. The van der Waals surface area contributed by atoms with E-state index in [1.54, 1.807) is 0 Å². The van der Waals surface area contributed by atoms with E-state index in [9.17, 15) is 10.2 Å². The van der Waals surface area contributed by atoms with Crippen LogP contribution < -0.4 is 0 Å². The number of allylic oxidation sites excluding steroid dienone is 2. The van der Waals surface area contributed by atoms with E-state index in [0.29, 0.717) is 13.1 Å². The summed E-state index contributed by atoms with van der Waals surface area (Å²) >= 11 is 0. The molecule has 2 atom stereocenters. The van der Waals surface area contributed by atoms with Crippen LogP contribution in [-0.4, -0.2) is 70.4 Å². The van der Waals surface area contributed by atoms with Crippen molar-refractivity contribution >= 4 is 0 Å². The third kappa shape index (κ3) is 9.56. The van der Waals surface area contributed by atoms with Crippen LogP contribution in [0.4, 0.5) is 0 Å². The SMILES string of the molecule is C/C=C/CCCCN(CC(O)CO)CC(O)CO. The average Bonchev–Trinajstić information content (AvgIpc) is 2.37. The van der Waals surface area contributed by atoms with Gasteiger partial charge in [0.1, 0.15) is 0 Å². The van der Waals surface area contributed by atoms with Crippen LogP contribution >= 0.6 is 0 Å². The maximum absolute atomic E-state index is 9.41. The largest absolute Gasteiger partial charge is 0.394 e. The lowest BCUT2D eigenvalue weighted by Crippen LogP contribution is -2.40. The summed E-state index contributed by atoms with van der Waals surface area (Å²) in [6.45, 7) is 2.79. The van der Waals surface area contributed by atoms with E-state index in [2.05, 4.69) is 6.08 Å². The molecule has 5 nitrogen and oxygen atoms in total. The fourth-order valence-corrected chi connectivity index (χ4v) is 1.73. The Balaban J connectivity index is 3.95. The van der Waals surface area contributed by atoms with E-state index in [4.69, 9.17) is 10.2 Å². The summed E-state index contributed by atoms with van der Waals surface area (Å²) in [5.74, 6) is 0. The first kappa shape index (κ1) is 17.5. The highest BCUT2D eigenvalue weighted by Crippen LogP contribution is 2.02. The van der Waals surface area contributed by atoms with Crippen LogP contribution in [0.2, 0.25) is 0 Å². The van der Waals surface area contributed by atoms with Gasteiger partial charge in [-0.05, 0) is 32.7 Å². The molecule has 0 saturated carbocycles. The Hall–Kier alpha value is -0.460. The van der Waals surface area contributed by atoms with Crippen molar-refractivity contribution in [3.8, 4) is 0 Å². The standard InChI is InChI=1S/C13H27NO4/c1-2-3-4-5-6-7-14(8-12(17)10-15)9-13(18)11-16/h2-3,12-13,15-18H,4-11H2,1H3/b3-2+. The molecular formula is C13H27NO4. The highest BCUT2D eigenvalue weighted by Gasteiger charge is 2.14. The molecule has 0 spiro atoms. The number of rotatable bonds is 11. The maximum atomic E-state index is 9.41. The summed E-state index contributed by atoms with van der Waals surface area (Å²) in [6, 6.07) is 0. The third-order valence-corrected chi connectivity index (χ3v) is 2.69. The Kier molecular flexibility index (Phi) is 11.3. The molecule has 0 aliphatic carbocycles. The molecule has 0 aromatic heterocycles. The molecule has 0 aliphatic heterocycles. The molecule has 0 aromatic rings. The van der Waals surface area contributed by atoms with E-state index in [-0.39, 0.29) is 13.2 Å². The van der Waals surface area contributed by atoms with Gasteiger partial charge in [-0.25, -0.2) is 0 Å². The highest BCUT2D eigenvalue weighted by molar-refractivity contribution is 4.76. The molecule has 0 aromatic carbocycles. The molecule has 0 rings (SSSR count). The van der Waals surface area contributed by atoms with Crippen molar-refractivity contribution in [2.75, 3.05) is 32.8 Å². The lowest BCUT2D eigenvalue weighted by atomic mass is 10.2. The highest BCUT2D eigenvalue weighted by atomic mass is 16.3. The van der Waals surface area contributed by atoms with Crippen molar-refractivity contribution in [1.29, 1.82) is 0 Å². The number of aliphatic hydroxyl groups is 4. The predicted octanol–water partition coefficient (Wildman–Crippen LogP) is -0.259. The van der Waals surface area contributed by atoms with Gasteiger partial charge < -0.3 is 20.4 Å². The second-order valence-electron chi connectivity index (χ2n) is 4.50. The van der Waals surface area contributed by atoms with Crippen LogP contribution in [0.1, 0.15) is 26.2 Å². The lowest BCUT2D eigenvalue weighted by molar-refractivity contribution is 0.0228. The van der Waals surface area contributed by atoms with Crippen LogP contribution in [0.3, 0.4) is 0 Å². The van der Waals surface area contributed by atoms with Gasteiger partial charge in [-0.2, -0.15) is 0 Å². The number of hydrogen-bond donors (Lipinski definition) is 4. The number of unbranched alkanes of at least 4 members (excludes halogenated alkanes) is 2. The van der Waals surface area contributed by atoms with Crippen molar-refractivity contribution < 1.29 is 20.4 Å². The zero-order chi connectivity index (χ0) is 13.8. The van der Waals surface area contributed by atoms with Crippen LogP contribution in [-0.2, 0) is 0 Å². The molecule has 5 heteroatoms. The Labute approximate surface area is 109 Å². The van der Waals surface area contributed by atoms with E-state index < -0.39 is 12.2 Å². The van der Waals surface area contributed by atoms with Gasteiger partial charge in [0.05, 0.1) is 25.4 Å². The number of hydrogen-bond acceptors (Lipinski definition) is 5. The smallest absolute Gasteiger partial charge is 0.0897 e. The van der Waals surface area contributed by atoms with Crippen LogP contribution in [0.15, 0.2) is 12.2 Å². The van der Waals surface area contributed by atoms with E-state index in [1.165, 1.54) is 0 Å². The Morgan fingerprint density at radius 3 is 2.00 bits per heavy atom. The Morgan fingerprint density at radius 1 is 1.00 bits per heavy atom. The van der Waals surface area contributed by atoms with Crippen molar-refractivity contribution in [2.45, 2.75) is 38.4 Å². The zero-order valence-electron chi connectivity index (χ0n) is 11.2. The van der Waals surface area contributed by atoms with Crippen molar-refractivity contribution in [1.82, 2.24) is 4.90 Å². The zero-order valence-corrected chi connectivity index (χ0v) is 11.2. The quantitative estimate of drug-likeness (QED) is 0.304. The minimum absolute atomic E-state index is 0.287. The topological polar surface area (TPSA) is 84.2 Å². The molecule has 0 bridgehead atoms. The van der Waals surface area contributed by atoms with Crippen molar-refractivity contribution in [3.63, 3.8) is 0 Å². The normalized spacial score (nSPS) is 15.4. The van der Waals surface area contributed by atoms with Crippen molar-refractivity contribution in [3.05, 3.63) is 12.2 Å². The molecule has 108 valence electrons. The second-order valence-corrected chi connectivity index (χ2v) is 4.50. The maximum Gasteiger partial charge on any atom is 0.0897 e. The van der Waals surface area contributed by atoms with Crippen LogP contribution in [0.5, 0.6) is 0 Å². The molecular weight excluding hydrogens is 234 g/mol. The molecule has 0 saturated heterocycles. The van der Waals surface area contributed by atoms with Gasteiger partial charge in [0.25, 0.3) is 0 Å². The van der Waals surface area contributed by atoms with Crippen LogP contribution in [0.25, 0.3) is 0 Å².